The monoisotopic (exact) mass is 200 g/mol. The lowest BCUT2D eigenvalue weighted by molar-refractivity contribution is -0.147. The average molecular weight is 200 g/mol. The van der Waals surface area contributed by atoms with E-state index in [1.54, 1.807) is 0 Å². The van der Waals surface area contributed by atoms with Crippen molar-refractivity contribution in [1.29, 1.82) is 0 Å². The molecular formula is C10H16O4. The van der Waals surface area contributed by atoms with Gasteiger partial charge in [-0.15, -0.1) is 0 Å². The molecule has 1 fully saturated rings. The zero-order valence-corrected chi connectivity index (χ0v) is 8.45. The molecule has 0 aromatic rings. The molecule has 1 unspecified atom stereocenters. The molecule has 0 bridgehead atoms. The number of carbonyl (C=O) groups excluding carboxylic acids is 2. The summed E-state index contributed by atoms with van der Waals surface area (Å²) in [5.41, 5.74) is 0. The molecule has 1 aliphatic heterocycles. The summed E-state index contributed by atoms with van der Waals surface area (Å²) in [7, 11) is 0. The van der Waals surface area contributed by atoms with Gasteiger partial charge in [-0.1, -0.05) is 0 Å². The van der Waals surface area contributed by atoms with Crippen LogP contribution in [0.25, 0.3) is 0 Å². The van der Waals surface area contributed by atoms with Gasteiger partial charge in [-0.3, -0.25) is 4.79 Å². The van der Waals surface area contributed by atoms with E-state index in [4.69, 9.17) is 9.47 Å². The average Bonchev–Trinajstić information content (AvgIpc) is 2.63. The molecule has 0 radical (unpaired) electrons. The van der Waals surface area contributed by atoms with E-state index >= 15 is 0 Å². The highest BCUT2D eigenvalue weighted by atomic mass is 16.6. The molecule has 1 atom stereocenters. The summed E-state index contributed by atoms with van der Waals surface area (Å²) < 4.78 is 10.2. The Labute approximate surface area is 83.6 Å². The fourth-order valence-electron chi connectivity index (χ4n) is 1.31. The second-order valence-electron chi connectivity index (χ2n) is 3.52. The van der Waals surface area contributed by atoms with Gasteiger partial charge in [0, 0.05) is 13.0 Å². The van der Waals surface area contributed by atoms with Crippen LogP contribution in [-0.4, -0.2) is 31.1 Å². The van der Waals surface area contributed by atoms with Crippen LogP contribution < -0.4 is 0 Å². The normalized spacial score (nSPS) is 20.8. The Morgan fingerprint density at radius 2 is 2.21 bits per heavy atom. The zero-order chi connectivity index (χ0) is 10.4. The van der Waals surface area contributed by atoms with Crippen LogP contribution in [0.4, 0.5) is 0 Å². The van der Waals surface area contributed by atoms with E-state index in [1.165, 1.54) is 6.92 Å². The topological polar surface area (TPSA) is 52.6 Å². The third-order valence-electron chi connectivity index (χ3n) is 2.14. The van der Waals surface area contributed by atoms with Crippen LogP contribution in [0.3, 0.4) is 0 Å². The minimum atomic E-state index is -0.310. The van der Waals surface area contributed by atoms with E-state index in [-0.39, 0.29) is 30.7 Å². The van der Waals surface area contributed by atoms with E-state index in [0.29, 0.717) is 6.61 Å². The van der Waals surface area contributed by atoms with Crippen molar-refractivity contribution < 1.29 is 19.1 Å². The lowest BCUT2D eigenvalue weighted by Crippen LogP contribution is -2.18. The van der Waals surface area contributed by atoms with Gasteiger partial charge < -0.3 is 14.3 Å². The van der Waals surface area contributed by atoms with E-state index in [1.807, 2.05) is 0 Å². The van der Waals surface area contributed by atoms with Gasteiger partial charge in [-0.25, -0.2) is 0 Å². The minimum Gasteiger partial charge on any atom is -0.463 e. The summed E-state index contributed by atoms with van der Waals surface area (Å²) in [4.78, 5) is 21.7. The summed E-state index contributed by atoms with van der Waals surface area (Å²) in [5, 5.41) is 0. The first-order valence-electron chi connectivity index (χ1n) is 4.95. The van der Waals surface area contributed by atoms with Crippen LogP contribution in [0, 0.1) is 0 Å². The molecule has 14 heavy (non-hydrogen) atoms. The van der Waals surface area contributed by atoms with Crippen LogP contribution in [-0.2, 0) is 19.1 Å². The third-order valence-corrected chi connectivity index (χ3v) is 2.14. The Kier molecular flexibility index (Phi) is 4.59. The van der Waals surface area contributed by atoms with E-state index in [0.717, 1.165) is 19.4 Å². The summed E-state index contributed by atoms with van der Waals surface area (Å²) in [6.07, 6.45) is 2.51. The SMILES string of the molecule is CC(=O)CCC(=O)OCC1CCCO1. The fraction of sp³-hybridized carbons (Fsp3) is 0.800. The largest absolute Gasteiger partial charge is 0.463 e. The van der Waals surface area contributed by atoms with Crippen molar-refractivity contribution in [2.24, 2.45) is 0 Å². The van der Waals surface area contributed by atoms with Gasteiger partial charge in [-0.05, 0) is 19.8 Å². The zero-order valence-electron chi connectivity index (χ0n) is 8.45. The molecule has 0 spiro atoms. The molecule has 0 amide bonds. The first kappa shape index (κ1) is 11.2. The Bertz CT molecular complexity index is 206. The summed E-state index contributed by atoms with van der Waals surface area (Å²) in [6, 6.07) is 0. The first-order chi connectivity index (χ1) is 6.68. The van der Waals surface area contributed by atoms with Gasteiger partial charge in [0.25, 0.3) is 0 Å². The number of hydrogen-bond donors (Lipinski definition) is 0. The lowest BCUT2D eigenvalue weighted by atomic mass is 10.2. The summed E-state index contributed by atoms with van der Waals surface area (Å²) in [5.74, 6) is -0.297. The van der Waals surface area contributed by atoms with Gasteiger partial charge in [0.2, 0.25) is 0 Å². The molecule has 1 saturated heterocycles. The Balaban J connectivity index is 2.05. The highest BCUT2D eigenvalue weighted by molar-refractivity contribution is 5.80. The van der Waals surface area contributed by atoms with Gasteiger partial charge in [0.15, 0.2) is 0 Å². The second kappa shape index (κ2) is 5.75. The lowest BCUT2D eigenvalue weighted by Gasteiger charge is -2.09. The molecule has 0 aromatic carbocycles. The number of ether oxygens (including phenoxy) is 2. The molecular weight excluding hydrogens is 184 g/mol. The standard InChI is InChI=1S/C10H16O4/c1-8(11)4-5-10(12)14-7-9-3-2-6-13-9/h9H,2-7H2,1H3. The molecule has 0 saturated carbocycles. The number of carbonyl (C=O) groups is 2. The number of hydrogen-bond acceptors (Lipinski definition) is 4. The predicted octanol–water partition coefficient (Wildman–Crippen LogP) is 1.08. The highest BCUT2D eigenvalue weighted by Crippen LogP contribution is 2.12. The van der Waals surface area contributed by atoms with Gasteiger partial charge in [0.05, 0.1) is 12.5 Å². The van der Waals surface area contributed by atoms with Crippen molar-refractivity contribution in [2.75, 3.05) is 13.2 Å². The maximum Gasteiger partial charge on any atom is 0.306 e. The molecule has 4 nitrogen and oxygen atoms in total. The molecule has 1 aliphatic rings. The fourth-order valence-corrected chi connectivity index (χ4v) is 1.31. The maximum atomic E-state index is 11.1. The second-order valence-corrected chi connectivity index (χ2v) is 3.52. The number of ketones is 1. The van der Waals surface area contributed by atoms with Gasteiger partial charge in [-0.2, -0.15) is 0 Å². The minimum absolute atomic E-state index is 0.0130. The Morgan fingerprint density at radius 3 is 2.79 bits per heavy atom. The van der Waals surface area contributed by atoms with Crippen LogP contribution in [0.5, 0.6) is 0 Å². The smallest absolute Gasteiger partial charge is 0.306 e. The van der Waals surface area contributed by atoms with Crippen LogP contribution >= 0.6 is 0 Å². The van der Waals surface area contributed by atoms with Crippen molar-refractivity contribution in [3.05, 3.63) is 0 Å². The van der Waals surface area contributed by atoms with E-state index < -0.39 is 0 Å². The highest BCUT2D eigenvalue weighted by Gasteiger charge is 2.17. The Hall–Kier alpha value is -0.900. The van der Waals surface area contributed by atoms with E-state index in [2.05, 4.69) is 0 Å². The molecule has 1 rings (SSSR count). The maximum absolute atomic E-state index is 11.1. The van der Waals surface area contributed by atoms with Crippen molar-refractivity contribution in [3.8, 4) is 0 Å². The summed E-state index contributed by atoms with van der Waals surface area (Å²) >= 11 is 0. The number of Topliss-reactive ketones (excluding diaryl/α,β-unsaturated/α-hetero) is 1. The molecule has 80 valence electrons. The third kappa shape index (κ3) is 4.37. The van der Waals surface area contributed by atoms with Crippen LogP contribution in [0.1, 0.15) is 32.6 Å². The van der Waals surface area contributed by atoms with Crippen molar-refractivity contribution in [3.63, 3.8) is 0 Å². The van der Waals surface area contributed by atoms with Crippen molar-refractivity contribution in [2.45, 2.75) is 38.7 Å². The number of rotatable bonds is 5. The quantitative estimate of drug-likeness (QED) is 0.623. The summed E-state index contributed by atoms with van der Waals surface area (Å²) in [6.45, 7) is 2.56. The van der Waals surface area contributed by atoms with Crippen LogP contribution in [0.2, 0.25) is 0 Å². The van der Waals surface area contributed by atoms with Gasteiger partial charge >= 0.3 is 5.97 Å². The Morgan fingerprint density at radius 1 is 1.43 bits per heavy atom. The molecule has 0 N–H and O–H groups in total. The first-order valence-corrected chi connectivity index (χ1v) is 4.95. The molecule has 4 heteroatoms. The molecule has 0 aromatic heterocycles. The van der Waals surface area contributed by atoms with Crippen molar-refractivity contribution >= 4 is 11.8 Å². The van der Waals surface area contributed by atoms with Crippen molar-refractivity contribution in [1.82, 2.24) is 0 Å². The molecule has 1 heterocycles. The molecule has 0 aliphatic carbocycles. The van der Waals surface area contributed by atoms with Crippen LogP contribution in [0.15, 0.2) is 0 Å². The predicted molar refractivity (Wildman–Crippen MR) is 49.8 cm³/mol. The number of esters is 1. The van der Waals surface area contributed by atoms with Gasteiger partial charge in [0.1, 0.15) is 12.4 Å². The van der Waals surface area contributed by atoms with E-state index in [9.17, 15) is 9.59 Å².